The van der Waals surface area contributed by atoms with Crippen LogP contribution in [-0.4, -0.2) is 54.2 Å². The van der Waals surface area contributed by atoms with Gasteiger partial charge in [-0.15, -0.1) is 11.6 Å². The quantitative estimate of drug-likeness (QED) is 0.306. The molecule has 0 aliphatic carbocycles. The first-order valence-electron chi connectivity index (χ1n) is 12.9. The Hall–Kier alpha value is -0.341. The van der Waals surface area contributed by atoms with Crippen LogP contribution in [0.15, 0.2) is 48.5 Å². The van der Waals surface area contributed by atoms with Crippen LogP contribution in [0.1, 0.15) is 42.3 Å². The van der Waals surface area contributed by atoms with Crippen molar-refractivity contribution in [2.24, 2.45) is 5.92 Å². The Balaban J connectivity index is 0.00000400. The Morgan fingerprint density at radius 1 is 1.07 bits per heavy atom. The van der Waals surface area contributed by atoms with Gasteiger partial charge in [0.2, 0.25) is 0 Å². The van der Waals surface area contributed by atoms with Crippen molar-refractivity contribution in [1.29, 1.82) is 0 Å². The molecule has 0 saturated carbocycles. The number of nitrogens with zero attached hydrogens (tertiary/aromatic N) is 2. The molecule has 217 valence electrons. The molecule has 0 aromatic heterocycles. The average Bonchev–Trinajstić information content (AvgIpc) is 2.86. The predicted octanol–water partition coefficient (Wildman–Crippen LogP) is 5.16. The standard InChI is InChI=1S/C31H36N3O3.3W.Y/c1-21(2)29(20-33-15-16-34(24(5)19-33)26-7-6-8-27(35)18-26)32-31(36)25-11-13-28(14-12-25)37-30-17-22(3)9-10-23(30)4;;;;/h6-9,11,14,17-18,21,24,29,35H,15-16,19-20H2,1-5H3,(H,32,36);;;;/q-3;;;;/t24-,29+;;;;/m0..../s1. The Morgan fingerprint density at radius 2 is 1.80 bits per heavy atom. The van der Waals surface area contributed by atoms with E-state index in [9.17, 15) is 9.90 Å². The van der Waals surface area contributed by atoms with Crippen molar-refractivity contribution in [1.82, 2.24) is 10.2 Å². The fourth-order valence-electron chi connectivity index (χ4n) is 4.64. The van der Waals surface area contributed by atoms with E-state index in [0.717, 1.165) is 48.7 Å². The zero-order valence-electron chi connectivity index (χ0n) is 24.1. The molecule has 1 amide bonds. The van der Waals surface area contributed by atoms with Gasteiger partial charge < -0.3 is 24.9 Å². The molecule has 1 radical (unpaired) electrons. The van der Waals surface area contributed by atoms with Crippen molar-refractivity contribution >= 4 is 11.6 Å². The van der Waals surface area contributed by atoms with Crippen molar-refractivity contribution in [3.63, 3.8) is 0 Å². The monoisotopic (exact) mass is 1140 g/mol. The summed E-state index contributed by atoms with van der Waals surface area (Å²) in [5, 5.41) is 13.1. The summed E-state index contributed by atoms with van der Waals surface area (Å²) < 4.78 is 5.93. The molecule has 6 nitrogen and oxygen atoms in total. The Labute approximate surface area is 313 Å². The summed E-state index contributed by atoms with van der Waals surface area (Å²) in [5.74, 6) is 1.63. The summed E-state index contributed by atoms with van der Waals surface area (Å²) in [6.07, 6.45) is 0. The van der Waals surface area contributed by atoms with E-state index in [4.69, 9.17) is 4.74 Å². The van der Waals surface area contributed by atoms with Gasteiger partial charge >= 0.3 is 0 Å². The van der Waals surface area contributed by atoms with E-state index in [0.29, 0.717) is 17.4 Å². The van der Waals surface area contributed by atoms with Crippen LogP contribution in [0.3, 0.4) is 0 Å². The molecule has 10 heteroatoms. The van der Waals surface area contributed by atoms with Crippen LogP contribution in [0, 0.1) is 38.0 Å². The molecule has 1 aliphatic heterocycles. The molecule has 1 saturated heterocycles. The number of carbonyl (C=O) groups is 1. The minimum atomic E-state index is -0.159. The number of phenolic OH excluding ortho intramolecular Hbond substituents is 1. The molecule has 2 N–H and O–H groups in total. The summed E-state index contributed by atoms with van der Waals surface area (Å²) in [7, 11) is 0. The molecule has 1 fully saturated rings. The number of hydrogen-bond acceptors (Lipinski definition) is 5. The van der Waals surface area contributed by atoms with E-state index < -0.39 is 0 Å². The summed E-state index contributed by atoms with van der Waals surface area (Å²) in [6, 6.07) is 24.2. The maximum Gasteiger partial charge on any atom is 0.117 e. The number of hydrogen-bond donors (Lipinski definition) is 2. The van der Waals surface area contributed by atoms with Crippen LogP contribution >= 0.6 is 0 Å². The number of anilines is 1. The van der Waals surface area contributed by atoms with Gasteiger partial charge in [0.1, 0.15) is 11.7 Å². The van der Waals surface area contributed by atoms with Crippen LogP contribution in [-0.2, 0) is 95.9 Å². The van der Waals surface area contributed by atoms with E-state index >= 15 is 0 Å². The number of aryl methyl sites for hydroxylation is 2. The van der Waals surface area contributed by atoms with Crippen molar-refractivity contribution in [2.75, 3.05) is 31.1 Å². The van der Waals surface area contributed by atoms with Crippen LogP contribution in [0.4, 0.5) is 5.69 Å². The summed E-state index contributed by atoms with van der Waals surface area (Å²) >= 11 is 0. The molecule has 3 aromatic carbocycles. The number of piperazine rings is 1. The molecule has 0 bridgehead atoms. The molecule has 0 spiro atoms. The number of amides is 1. The zero-order chi connectivity index (χ0) is 26.5. The third-order valence-electron chi connectivity index (χ3n) is 6.88. The van der Waals surface area contributed by atoms with Crippen LogP contribution in [0.25, 0.3) is 0 Å². The van der Waals surface area contributed by atoms with Gasteiger partial charge in [0.25, 0.3) is 0 Å². The van der Waals surface area contributed by atoms with E-state index in [2.05, 4.69) is 54.1 Å². The van der Waals surface area contributed by atoms with Crippen molar-refractivity contribution < 1.29 is 111 Å². The average molecular weight is 1140 g/mol. The van der Waals surface area contributed by atoms with E-state index in [-0.39, 0.29) is 120 Å². The van der Waals surface area contributed by atoms with Crippen molar-refractivity contribution in [2.45, 2.75) is 46.7 Å². The number of aromatic hydroxyl groups is 1. The van der Waals surface area contributed by atoms with Crippen molar-refractivity contribution in [3.05, 3.63) is 83.4 Å². The number of ether oxygens (including phenoxy) is 1. The second kappa shape index (κ2) is 19.1. The fourth-order valence-corrected chi connectivity index (χ4v) is 4.64. The molecule has 4 rings (SSSR count). The number of benzene rings is 3. The van der Waals surface area contributed by atoms with E-state index in [1.807, 2.05) is 44.2 Å². The third kappa shape index (κ3) is 11.6. The summed E-state index contributed by atoms with van der Waals surface area (Å²) in [5.41, 5.74) is 3.46. The van der Waals surface area contributed by atoms with Crippen LogP contribution in [0.5, 0.6) is 17.2 Å². The molecule has 3 aromatic rings. The Bertz CT molecular complexity index is 1230. The van der Waals surface area contributed by atoms with Gasteiger partial charge in [0, 0.05) is 152 Å². The SMILES string of the molecule is Cc1c[c-]c(C)c(Oc2[c-]cc(C(=O)N[C@H](CN3CCN(c4cccc(O)c4)[C@@H](C)C3)C(C)C)[c-]c2)c1.[W].[W].[W].[Y]. The van der Waals surface area contributed by atoms with E-state index in [1.165, 1.54) is 0 Å². The molecule has 41 heavy (non-hydrogen) atoms. The van der Waals surface area contributed by atoms with Gasteiger partial charge in [0.15, 0.2) is 0 Å². The van der Waals surface area contributed by atoms with Crippen LogP contribution in [0.2, 0.25) is 0 Å². The minimum Gasteiger partial charge on any atom is -0.585 e. The van der Waals surface area contributed by atoms with E-state index in [1.54, 1.807) is 18.2 Å². The topological polar surface area (TPSA) is 65.0 Å². The van der Waals surface area contributed by atoms with Gasteiger partial charge in [-0.1, -0.05) is 39.5 Å². The number of phenols is 1. The normalized spacial score (nSPS) is 15.4. The first-order valence-corrected chi connectivity index (χ1v) is 12.9. The number of nitrogens with one attached hydrogen (secondary N) is 1. The Morgan fingerprint density at radius 3 is 2.41 bits per heavy atom. The minimum absolute atomic E-state index is 0. The largest absolute Gasteiger partial charge is 0.585 e. The number of carbonyl (C=O) groups excluding carboxylic acids is 1. The van der Waals surface area contributed by atoms with Gasteiger partial charge in [-0.2, -0.15) is 23.3 Å². The molecule has 2 atom stereocenters. The van der Waals surface area contributed by atoms with Crippen LogP contribution < -0.4 is 15.0 Å². The number of rotatable bonds is 8. The first-order chi connectivity index (χ1) is 17.7. The first kappa shape index (κ1) is 40.7. The van der Waals surface area contributed by atoms with Gasteiger partial charge in [-0.05, 0) is 25.0 Å². The molecule has 1 heterocycles. The summed E-state index contributed by atoms with van der Waals surface area (Å²) in [4.78, 5) is 17.8. The zero-order valence-corrected chi connectivity index (χ0v) is 35.8. The predicted molar refractivity (Wildman–Crippen MR) is 146 cm³/mol. The van der Waals surface area contributed by atoms with Crippen molar-refractivity contribution in [3.8, 4) is 17.2 Å². The van der Waals surface area contributed by atoms with Gasteiger partial charge in [-0.25, -0.2) is 12.1 Å². The van der Waals surface area contributed by atoms with Gasteiger partial charge in [0.05, 0.1) is 0 Å². The molecular weight excluding hydrogens is 1100 g/mol. The second-order valence-corrected chi connectivity index (χ2v) is 10.3. The maximum atomic E-state index is 13.0. The smallest absolute Gasteiger partial charge is 0.117 e. The Kier molecular flexibility index (Phi) is 19.0. The molecular formula is C31H36N3O3W3Y-3. The third-order valence-corrected chi connectivity index (χ3v) is 6.88. The van der Waals surface area contributed by atoms with Gasteiger partial charge in [-0.3, -0.25) is 17.0 Å². The molecule has 0 unspecified atom stereocenters. The fraction of sp³-hybridized carbons (Fsp3) is 0.387. The summed E-state index contributed by atoms with van der Waals surface area (Å²) in [6.45, 7) is 13.8. The second-order valence-electron chi connectivity index (χ2n) is 10.3. The molecule has 1 aliphatic rings. The maximum absolute atomic E-state index is 13.0.